The summed E-state index contributed by atoms with van der Waals surface area (Å²) in [5, 5.41) is 0. The molecule has 1 aromatic carbocycles. The van der Waals surface area contributed by atoms with Crippen molar-refractivity contribution in [3.05, 3.63) is 35.6 Å². The van der Waals surface area contributed by atoms with Crippen LogP contribution in [0.2, 0.25) is 0 Å². The smallest absolute Gasteiger partial charge is 0.144 e. The van der Waals surface area contributed by atoms with Crippen molar-refractivity contribution in [1.82, 2.24) is 0 Å². The maximum absolute atomic E-state index is 12.7. The van der Waals surface area contributed by atoms with Gasteiger partial charge in [-0.25, -0.2) is 4.39 Å². The highest BCUT2D eigenvalue weighted by molar-refractivity contribution is 7.91. The van der Waals surface area contributed by atoms with Crippen LogP contribution in [-0.4, -0.2) is 15.0 Å². The van der Waals surface area contributed by atoms with Gasteiger partial charge in [0, 0.05) is 0 Å². The minimum absolute atomic E-state index is 0.224. The van der Waals surface area contributed by atoms with Gasteiger partial charge in [0.25, 0.3) is 0 Å². The molecule has 1 atom stereocenters. The lowest BCUT2D eigenvalue weighted by molar-refractivity contribution is 0.561. The third-order valence-electron chi connectivity index (χ3n) is 2.45. The minimum atomic E-state index is -1.20. The summed E-state index contributed by atoms with van der Waals surface area (Å²) in [6, 6.07) is 6.44. The molecule has 0 bridgehead atoms. The summed E-state index contributed by atoms with van der Waals surface area (Å²) < 4.78 is 28.4. The molecular formula is C14H20FNOS. The summed E-state index contributed by atoms with van der Waals surface area (Å²) in [6.07, 6.45) is 1.53. The quantitative estimate of drug-likeness (QED) is 0.606. The molecule has 1 unspecified atom stereocenters. The monoisotopic (exact) mass is 269 g/mol. The van der Waals surface area contributed by atoms with Gasteiger partial charge in [0.15, 0.2) is 0 Å². The standard InChI is InChI=1S/C14H20FNOS/c1-11(16-18(17)14(2,3)4)5-6-12-7-9-13(15)10-8-12/h7-10H,5-6H2,1-4H3/b16-11+. The zero-order chi connectivity index (χ0) is 13.8. The Morgan fingerprint density at radius 1 is 1.28 bits per heavy atom. The number of nitrogens with zero attached hydrogens (tertiary/aromatic N) is 1. The Kier molecular flexibility index (Phi) is 5.35. The van der Waals surface area contributed by atoms with Crippen molar-refractivity contribution in [2.45, 2.75) is 45.3 Å². The molecule has 0 N–H and O–H groups in total. The molecule has 1 rings (SSSR count). The number of hydrogen-bond donors (Lipinski definition) is 0. The van der Waals surface area contributed by atoms with Gasteiger partial charge in [-0.2, -0.15) is 0 Å². The van der Waals surface area contributed by atoms with E-state index >= 15 is 0 Å². The highest BCUT2D eigenvalue weighted by atomic mass is 32.2. The molecule has 0 saturated carbocycles. The minimum Gasteiger partial charge on any atom is -0.591 e. The van der Waals surface area contributed by atoms with Gasteiger partial charge in [0.2, 0.25) is 0 Å². The van der Waals surface area contributed by atoms with Gasteiger partial charge in [0.1, 0.15) is 21.9 Å². The number of halogens is 1. The van der Waals surface area contributed by atoms with E-state index in [4.69, 9.17) is 0 Å². The Hall–Kier alpha value is -0.870. The van der Waals surface area contributed by atoms with Gasteiger partial charge < -0.3 is 4.55 Å². The van der Waals surface area contributed by atoms with Crippen molar-refractivity contribution in [1.29, 1.82) is 0 Å². The molecule has 0 radical (unpaired) electrons. The number of benzene rings is 1. The topological polar surface area (TPSA) is 35.4 Å². The highest BCUT2D eigenvalue weighted by Crippen LogP contribution is 2.17. The van der Waals surface area contributed by atoms with E-state index in [-0.39, 0.29) is 10.6 Å². The SMILES string of the molecule is C/C(CCc1ccc(F)cc1)=N\[S+]([O-])C(C)(C)C. The summed E-state index contributed by atoms with van der Waals surface area (Å²) in [5.74, 6) is -0.224. The fraction of sp³-hybridized carbons (Fsp3) is 0.500. The van der Waals surface area contributed by atoms with E-state index in [1.807, 2.05) is 27.7 Å². The molecule has 0 aliphatic carbocycles. The summed E-state index contributed by atoms with van der Waals surface area (Å²) in [7, 11) is 0. The molecule has 0 aliphatic heterocycles. The molecule has 100 valence electrons. The van der Waals surface area contributed by atoms with Crippen molar-refractivity contribution in [3.63, 3.8) is 0 Å². The van der Waals surface area contributed by atoms with Crippen LogP contribution >= 0.6 is 0 Å². The van der Waals surface area contributed by atoms with Gasteiger partial charge in [0.05, 0.1) is 5.71 Å². The second kappa shape index (κ2) is 6.34. The Morgan fingerprint density at radius 2 is 1.83 bits per heavy atom. The molecule has 1 aromatic rings. The van der Waals surface area contributed by atoms with Gasteiger partial charge in [-0.05, 0) is 58.2 Å². The van der Waals surface area contributed by atoms with Crippen LogP contribution in [0, 0.1) is 5.82 Å². The molecule has 18 heavy (non-hydrogen) atoms. The first-order chi connectivity index (χ1) is 8.29. The summed E-state index contributed by atoms with van der Waals surface area (Å²) in [5.41, 5.74) is 1.93. The van der Waals surface area contributed by atoms with Crippen molar-refractivity contribution >= 4 is 17.1 Å². The zero-order valence-electron chi connectivity index (χ0n) is 11.4. The van der Waals surface area contributed by atoms with E-state index < -0.39 is 11.4 Å². The first kappa shape index (κ1) is 15.2. The lowest BCUT2D eigenvalue weighted by atomic mass is 10.1. The van der Waals surface area contributed by atoms with Crippen LogP contribution in [0.15, 0.2) is 28.7 Å². The van der Waals surface area contributed by atoms with Gasteiger partial charge in [-0.15, -0.1) is 0 Å². The number of rotatable bonds is 4. The molecular weight excluding hydrogens is 249 g/mol. The maximum atomic E-state index is 12.7. The largest absolute Gasteiger partial charge is 0.591 e. The molecule has 0 heterocycles. The maximum Gasteiger partial charge on any atom is 0.144 e. The van der Waals surface area contributed by atoms with Gasteiger partial charge in [-0.1, -0.05) is 16.5 Å². The van der Waals surface area contributed by atoms with Crippen molar-refractivity contribution in [3.8, 4) is 0 Å². The molecule has 0 aromatic heterocycles. The van der Waals surface area contributed by atoms with Crippen LogP contribution in [-0.2, 0) is 17.8 Å². The highest BCUT2D eigenvalue weighted by Gasteiger charge is 2.26. The van der Waals surface area contributed by atoms with Crippen LogP contribution in [0.25, 0.3) is 0 Å². The fourth-order valence-electron chi connectivity index (χ4n) is 1.30. The van der Waals surface area contributed by atoms with Gasteiger partial charge in [-0.3, -0.25) is 0 Å². The predicted molar refractivity (Wildman–Crippen MR) is 75.7 cm³/mol. The molecule has 0 spiro atoms. The Balaban J connectivity index is 2.53. The second-order valence-electron chi connectivity index (χ2n) is 5.31. The first-order valence-corrected chi connectivity index (χ1v) is 7.10. The molecule has 0 saturated heterocycles. The summed E-state index contributed by atoms with van der Waals surface area (Å²) in [6.45, 7) is 7.59. The molecule has 4 heteroatoms. The number of hydrogen-bond acceptors (Lipinski definition) is 2. The van der Waals surface area contributed by atoms with Crippen LogP contribution in [0.1, 0.15) is 39.7 Å². The molecule has 0 fully saturated rings. The molecule has 0 amide bonds. The lowest BCUT2D eigenvalue weighted by Crippen LogP contribution is -2.26. The predicted octanol–water partition coefficient (Wildman–Crippen LogP) is 3.68. The first-order valence-electron chi connectivity index (χ1n) is 5.99. The Morgan fingerprint density at radius 3 is 2.33 bits per heavy atom. The normalized spacial score (nSPS) is 14.7. The van der Waals surface area contributed by atoms with E-state index in [0.717, 1.165) is 24.1 Å². The third kappa shape index (κ3) is 5.19. The second-order valence-corrected chi connectivity index (χ2v) is 7.22. The third-order valence-corrected chi connectivity index (χ3v) is 3.98. The average molecular weight is 269 g/mol. The zero-order valence-corrected chi connectivity index (χ0v) is 12.2. The van der Waals surface area contributed by atoms with Crippen molar-refractivity contribution in [2.75, 3.05) is 0 Å². The molecule has 2 nitrogen and oxygen atoms in total. The van der Waals surface area contributed by atoms with E-state index in [9.17, 15) is 8.94 Å². The van der Waals surface area contributed by atoms with Gasteiger partial charge >= 0.3 is 0 Å². The number of aryl methyl sites for hydroxylation is 1. The Labute approximate surface area is 112 Å². The fourth-order valence-corrected chi connectivity index (χ4v) is 1.95. The van der Waals surface area contributed by atoms with Crippen LogP contribution in [0.4, 0.5) is 4.39 Å². The van der Waals surface area contributed by atoms with E-state index in [1.54, 1.807) is 12.1 Å². The summed E-state index contributed by atoms with van der Waals surface area (Å²) in [4.78, 5) is 0. The van der Waals surface area contributed by atoms with E-state index in [1.165, 1.54) is 12.1 Å². The van der Waals surface area contributed by atoms with Crippen LogP contribution in [0.3, 0.4) is 0 Å². The van der Waals surface area contributed by atoms with E-state index in [0.29, 0.717) is 0 Å². The van der Waals surface area contributed by atoms with Crippen molar-refractivity contribution < 1.29 is 8.94 Å². The van der Waals surface area contributed by atoms with Crippen LogP contribution < -0.4 is 0 Å². The lowest BCUT2D eigenvalue weighted by Gasteiger charge is -2.18. The average Bonchev–Trinajstić information content (AvgIpc) is 2.27. The summed E-state index contributed by atoms with van der Waals surface area (Å²) >= 11 is -1.20. The Bertz CT molecular complexity index is 409. The van der Waals surface area contributed by atoms with Crippen LogP contribution in [0.5, 0.6) is 0 Å². The van der Waals surface area contributed by atoms with Crippen molar-refractivity contribution in [2.24, 2.45) is 4.40 Å². The molecule has 0 aliphatic rings. The van der Waals surface area contributed by atoms with E-state index in [2.05, 4.69) is 4.40 Å².